The number of hydrogen-bond donors (Lipinski definition) is 1. The first kappa shape index (κ1) is 15.6. The van der Waals surface area contributed by atoms with Gasteiger partial charge in [0.1, 0.15) is 0 Å². The smallest absolute Gasteiger partial charge is 0.0803 e. The molecule has 0 amide bonds. The maximum atomic E-state index is 4.30. The van der Waals surface area contributed by atoms with Gasteiger partial charge in [-0.25, -0.2) is 0 Å². The summed E-state index contributed by atoms with van der Waals surface area (Å²) in [6.07, 6.45) is 5.79. The first-order valence-corrected chi connectivity index (χ1v) is 8.04. The van der Waals surface area contributed by atoms with Crippen LogP contribution in [0.15, 0.2) is 0 Å². The molecule has 18 heavy (non-hydrogen) atoms. The van der Waals surface area contributed by atoms with E-state index in [1.807, 2.05) is 0 Å². The Morgan fingerprint density at radius 3 is 2.61 bits per heavy atom. The fourth-order valence-electron chi connectivity index (χ4n) is 2.06. The fraction of sp³-hybridized carbons (Fsp3) is 0.857. The summed E-state index contributed by atoms with van der Waals surface area (Å²) in [5.41, 5.74) is 1.21. The average molecular weight is 269 g/mol. The Morgan fingerprint density at radius 2 is 2.00 bits per heavy atom. The molecule has 0 aromatic carbocycles. The van der Waals surface area contributed by atoms with E-state index in [-0.39, 0.29) is 0 Å². The van der Waals surface area contributed by atoms with Crippen LogP contribution in [0.1, 0.15) is 70.0 Å². The zero-order valence-electron chi connectivity index (χ0n) is 12.2. The van der Waals surface area contributed by atoms with E-state index in [1.54, 1.807) is 11.5 Å². The van der Waals surface area contributed by atoms with Crippen molar-refractivity contribution >= 4 is 11.5 Å². The van der Waals surface area contributed by atoms with Crippen molar-refractivity contribution in [3.63, 3.8) is 0 Å². The van der Waals surface area contributed by atoms with Gasteiger partial charge in [0.2, 0.25) is 0 Å². The normalized spacial score (nSPS) is 14.7. The van der Waals surface area contributed by atoms with Crippen LogP contribution in [-0.4, -0.2) is 16.1 Å². The van der Waals surface area contributed by atoms with Crippen molar-refractivity contribution in [2.45, 2.75) is 65.8 Å². The lowest BCUT2D eigenvalue weighted by Gasteiger charge is -2.21. The molecule has 0 aliphatic rings. The van der Waals surface area contributed by atoms with Gasteiger partial charge in [-0.2, -0.15) is 0 Å². The molecule has 104 valence electrons. The molecule has 2 atom stereocenters. The molecule has 3 nitrogen and oxygen atoms in total. The molecule has 1 aromatic rings. The molecule has 1 N–H and O–H groups in total. The predicted molar refractivity (Wildman–Crippen MR) is 79.0 cm³/mol. The quantitative estimate of drug-likeness (QED) is 0.737. The zero-order valence-corrected chi connectivity index (χ0v) is 13.0. The number of nitrogens with one attached hydrogen (secondary N) is 1. The SMILES string of the molecule is CCCNC(CC(C)CC)c1snnc1CCC. The van der Waals surface area contributed by atoms with Gasteiger partial charge < -0.3 is 5.32 Å². The number of aromatic nitrogens is 2. The molecule has 0 aliphatic carbocycles. The topological polar surface area (TPSA) is 37.8 Å². The highest BCUT2D eigenvalue weighted by atomic mass is 32.1. The minimum Gasteiger partial charge on any atom is -0.309 e. The Bertz CT molecular complexity index is 325. The second-order valence-corrected chi connectivity index (χ2v) is 5.88. The molecular formula is C14H27N3S. The molecule has 0 radical (unpaired) electrons. The van der Waals surface area contributed by atoms with E-state index < -0.39 is 0 Å². The highest BCUT2D eigenvalue weighted by Crippen LogP contribution is 2.28. The van der Waals surface area contributed by atoms with Gasteiger partial charge in [-0.05, 0) is 43.3 Å². The van der Waals surface area contributed by atoms with Crippen LogP contribution in [0.5, 0.6) is 0 Å². The molecule has 1 aromatic heterocycles. The van der Waals surface area contributed by atoms with Crippen molar-refractivity contribution in [1.82, 2.24) is 14.9 Å². The van der Waals surface area contributed by atoms with Gasteiger partial charge in [0.15, 0.2) is 0 Å². The van der Waals surface area contributed by atoms with E-state index in [9.17, 15) is 0 Å². The molecular weight excluding hydrogens is 242 g/mol. The minimum absolute atomic E-state index is 0.446. The monoisotopic (exact) mass is 269 g/mol. The number of aryl methyl sites for hydroxylation is 1. The third kappa shape index (κ3) is 4.65. The summed E-state index contributed by atoms with van der Waals surface area (Å²) in [7, 11) is 0. The second kappa shape index (κ2) is 8.59. The molecule has 2 unspecified atom stereocenters. The molecule has 0 saturated heterocycles. The van der Waals surface area contributed by atoms with Crippen LogP contribution in [0.4, 0.5) is 0 Å². The lowest BCUT2D eigenvalue weighted by Crippen LogP contribution is -2.24. The van der Waals surface area contributed by atoms with Crippen LogP contribution in [0.2, 0.25) is 0 Å². The van der Waals surface area contributed by atoms with Crippen molar-refractivity contribution in [2.24, 2.45) is 5.92 Å². The summed E-state index contributed by atoms with van der Waals surface area (Å²) in [6.45, 7) is 10.1. The van der Waals surface area contributed by atoms with Crippen LogP contribution < -0.4 is 5.32 Å². The Kier molecular flexibility index (Phi) is 7.44. The van der Waals surface area contributed by atoms with Crippen molar-refractivity contribution in [3.8, 4) is 0 Å². The predicted octanol–water partition coefficient (Wildman–Crippen LogP) is 3.97. The Balaban J connectivity index is 2.76. The fourth-order valence-corrected chi connectivity index (χ4v) is 2.84. The second-order valence-electron chi connectivity index (χ2n) is 5.09. The van der Waals surface area contributed by atoms with Gasteiger partial charge in [-0.3, -0.25) is 0 Å². The van der Waals surface area contributed by atoms with E-state index in [0.717, 1.165) is 25.3 Å². The number of nitrogens with zero attached hydrogens (tertiary/aromatic N) is 2. The number of hydrogen-bond acceptors (Lipinski definition) is 4. The molecule has 0 saturated carbocycles. The minimum atomic E-state index is 0.446. The highest BCUT2D eigenvalue weighted by Gasteiger charge is 2.20. The van der Waals surface area contributed by atoms with Crippen LogP contribution in [-0.2, 0) is 6.42 Å². The Hall–Kier alpha value is -0.480. The van der Waals surface area contributed by atoms with Crippen molar-refractivity contribution in [3.05, 3.63) is 10.6 Å². The molecule has 0 spiro atoms. The lowest BCUT2D eigenvalue weighted by atomic mass is 9.97. The summed E-state index contributed by atoms with van der Waals surface area (Å²) >= 11 is 1.58. The molecule has 0 fully saturated rings. The summed E-state index contributed by atoms with van der Waals surface area (Å²) < 4.78 is 4.15. The van der Waals surface area contributed by atoms with E-state index in [4.69, 9.17) is 0 Å². The van der Waals surface area contributed by atoms with E-state index in [2.05, 4.69) is 42.6 Å². The molecule has 1 rings (SSSR count). The maximum absolute atomic E-state index is 4.30. The molecule has 4 heteroatoms. The maximum Gasteiger partial charge on any atom is 0.0803 e. The van der Waals surface area contributed by atoms with Gasteiger partial charge in [0, 0.05) is 6.04 Å². The third-order valence-electron chi connectivity index (χ3n) is 3.36. The van der Waals surface area contributed by atoms with Crippen LogP contribution in [0.25, 0.3) is 0 Å². The van der Waals surface area contributed by atoms with Gasteiger partial charge in [0.25, 0.3) is 0 Å². The van der Waals surface area contributed by atoms with E-state index in [1.165, 1.54) is 29.8 Å². The number of rotatable bonds is 9. The molecule has 0 bridgehead atoms. The summed E-state index contributed by atoms with van der Waals surface area (Å²) in [5, 5.41) is 7.96. The summed E-state index contributed by atoms with van der Waals surface area (Å²) in [5.74, 6) is 0.746. The van der Waals surface area contributed by atoms with Gasteiger partial charge in [-0.15, -0.1) is 5.10 Å². The molecule has 1 heterocycles. The van der Waals surface area contributed by atoms with Gasteiger partial charge in [-0.1, -0.05) is 45.0 Å². The first-order chi connectivity index (χ1) is 8.72. The van der Waals surface area contributed by atoms with Crippen molar-refractivity contribution in [1.29, 1.82) is 0 Å². The average Bonchev–Trinajstić information content (AvgIpc) is 2.82. The molecule has 0 aliphatic heterocycles. The van der Waals surface area contributed by atoms with Gasteiger partial charge >= 0.3 is 0 Å². The van der Waals surface area contributed by atoms with Crippen molar-refractivity contribution in [2.75, 3.05) is 6.54 Å². The Morgan fingerprint density at radius 1 is 1.22 bits per heavy atom. The summed E-state index contributed by atoms with van der Waals surface area (Å²) in [6, 6.07) is 0.446. The van der Waals surface area contributed by atoms with Crippen LogP contribution >= 0.6 is 11.5 Å². The lowest BCUT2D eigenvalue weighted by molar-refractivity contribution is 0.404. The zero-order chi connectivity index (χ0) is 13.4. The first-order valence-electron chi connectivity index (χ1n) is 7.27. The Labute approximate surface area is 116 Å². The standard InChI is InChI=1S/C14H27N3S/c1-5-8-12-14(18-17-16-12)13(15-9-6-2)10-11(4)7-3/h11,13,15H,5-10H2,1-4H3. The highest BCUT2D eigenvalue weighted by molar-refractivity contribution is 7.05. The van der Waals surface area contributed by atoms with Gasteiger partial charge in [0.05, 0.1) is 10.6 Å². The van der Waals surface area contributed by atoms with E-state index >= 15 is 0 Å². The third-order valence-corrected chi connectivity index (χ3v) is 4.24. The van der Waals surface area contributed by atoms with Crippen molar-refractivity contribution < 1.29 is 0 Å². The largest absolute Gasteiger partial charge is 0.309 e. The van der Waals surface area contributed by atoms with E-state index in [0.29, 0.717) is 6.04 Å². The summed E-state index contributed by atoms with van der Waals surface area (Å²) in [4.78, 5) is 1.37. The van der Waals surface area contributed by atoms with Crippen LogP contribution in [0.3, 0.4) is 0 Å². The van der Waals surface area contributed by atoms with Crippen LogP contribution in [0, 0.1) is 5.92 Å².